The molecule has 0 spiro atoms. The van der Waals surface area contributed by atoms with Gasteiger partial charge >= 0.3 is 11.8 Å². The maximum absolute atomic E-state index is 12.7. The monoisotopic (exact) mass is 307 g/mol. The van der Waals surface area contributed by atoms with Gasteiger partial charge in [-0.15, -0.1) is 0 Å². The summed E-state index contributed by atoms with van der Waals surface area (Å²) in [4.78, 5) is 23.4. The van der Waals surface area contributed by atoms with E-state index in [9.17, 15) is 14.0 Å². The Morgan fingerprint density at radius 1 is 1.00 bits per heavy atom. The molecule has 108 valence electrons. The van der Waals surface area contributed by atoms with Crippen LogP contribution in [-0.4, -0.2) is 11.8 Å². The summed E-state index contributed by atoms with van der Waals surface area (Å²) in [5, 5.41) is 4.91. The average Bonchev–Trinajstić information content (AvgIpc) is 2.44. The lowest BCUT2D eigenvalue weighted by molar-refractivity contribution is -0.132. The number of hydrogen-bond donors (Lipinski definition) is 3. The maximum atomic E-state index is 12.7. The molecule has 0 aliphatic carbocycles. The Morgan fingerprint density at radius 2 is 1.62 bits per heavy atom. The first kappa shape index (κ1) is 14.8. The van der Waals surface area contributed by atoms with Crippen LogP contribution in [0.2, 0.25) is 5.02 Å². The molecule has 0 unspecified atom stereocenters. The molecule has 0 bridgehead atoms. The Morgan fingerprint density at radius 3 is 2.24 bits per heavy atom. The zero-order valence-corrected chi connectivity index (χ0v) is 11.4. The maximum Gasteiger partial charge on any atom is 0.314 e. The number of nitrogen functional groups attached to an aromatic ring is 1. The number of nitrogens with two attached hydrogens (primary N) is 1. The Hall–Kier alpha value is -2.60. The van der Waals surface area contributed by atoms with Crippen LogP contribution in [0.1, 0.15) is 0 Å². The zero-order valence-electron chi connectivity index (χ0n) is 10.7. The Labute approximate surface area is 124 Å². The van der Waals surface area contributed by atoms with Crippen LogP contribution in [0.25, 0.3) is 0 Å². The summed E-state index contributed by atoms with van der Waals surface area (Å²) in [5.74, 6) is -2.23. The Bertz CT molecular complexity index is 689. The van der Waals surface area contributed by atoms with Crippen LogP contribution in [-0.2, 0) is 9.59 Å². The minimum atomic E-state index is -0.897. The van der Waals surface area contributed by atoms with Crippen LogP contribution in [0.4, 0.5) is 21.5 Å². The van der Waals surface area contributed by atoms with E-state index in [-0.39, 0.29) is 10.7 Å². The summed E-state index contributed by atoms with van der Waals surface area (Å²) >= 11 is 5.89. The van der Waals surface area contributed by atoms with Gasteiger partial charge in [-0.1, -0.05) is 11.6 Å². The van der Waals surface area contributed by atoms with E-state index in [1.807, 2.05) is 0 Å². The number of carbonyl (C=O) groups is 2. The van der Waals surface area contributed by atoms with E-state index in [2.05, 4.69) is 10.6 Å². The van der Waals surface area contributed by atoms with E-state index < -0.39 is 17.6 Å². The minimum absolute atomic E-state index is 0.220. The number of nitrogens with one attached hydrogen (secondary N) is 2. The first-order valence-electron chi connectivity index (χ1n) is 5.88. The fraction of sp³-hybridized carbons (Fsp3) is 0. The van der Waals surface area contributed by atoms with Gasteiger partial charge in [-0.3, -0.25) is 9.59 Å². The molecule has 2 aromatic carbocycles. The highest BCUT2D eigenvalue weighted by molar-refractivity contribution is 6.44. The molecule has 0 aliphatic rings. The van der Waals surface area contributed by atoms with E-state index >= 15 is 0 Å². The second-order valence-electron chi connectivity index (χ2n) is 4.15. The molecule has 5 nitrogen and oxygen atoms in total. The largest absolute Gasteiger partial charge is 0.399 e. The van der Waals surface area contributed by atoms with Gasteiger partial charge in [0.15, 0.2) is 0 Å². The van der Waals surface area contributed by atoms with E-state index in [0.29, 0.717) is 11.4 Å². The zero-order chi connectivity index (χ0) is 15.4. The van der Waals surface area contributed by atoms with E-state index in [0.717, 1.165) is 0 Å². The fourth-order valence-electron chi connectivity index (χ4n) is 1.53. The molecule has 2 rings (SSSR count). The second-order valence-corrected chi connectivity index (χ2v) is 4.56. The van der Waals surface area contributed by atoms with Crippen molar-refractivity contribution < 1.29 is 14.0 Å². The topological polar surface area (TPSA) is 84.2 Å². The lowest BCUT2D eigenvalue weighted by atomic mass is 10.2. The van der Waals surface area contributed by atoms with Gasteiger partial charge in [0, 0.05) is 11.4 Å². The number of amides is 2. The van der Waals surface area contributed by atoms with Crippen molar-refractivity contribution >= 4 is 40.5 Å². The smallest absolute Gasteiger partial charge is 0.314 e. The summed E-state index contributed by atoms with van der Waals surface area (Å²) in [6, 6.07) is 9.51. The molecule has 2 amide bonds. The number of anilines is 3. The van der Waals surface area contributed by atoms with Crippen LogP contribution in [0.3, 0.4) is 0 Å². The first-order valence-corrected chi connectivity index (χ1v) is 6.26. The van der Waals surface area contributed by atoms with Gasteiger partial charge in [-0.2, -0.15) is 0 Å². The van der Waals surface area contributed by atoms with Gasteiger partial charge < -0.3 is 16.4 Å². The lowest BCUT2D eigenvalue weighted by Crippen LogP contribution is -2.29. The Balaban J connectivity index is 2.02. The van der Waals surface area contributed by atoms with Crippen molar-refractivity contribution in [2.45, 2.75) is 0 Å². The van der Waals surface area contributed by atoms with Gasteiger partial charge in [0.2, 0.25) is 0 Å². The standard InChI is InChI=1S/C14H11ClFN3O2/c15-11-7-9(17)3-6-12(11)19-14(21)13(20)18-10-4-1-8(16)2-5-10/h1-7H,17H2,(H,18,20)(H,19,21). The molecule has 0 aromatic heterocycles. The molecule has 0 atom stereocenters. The fourth-order valence-corrected chi connectivity index (χ4v) is 1.77. The van der Waals surface area contributed by atoms with Crippen LogP contribution in [0.15, 0.2) is 42.5 Å². The summed E-state index contributed by atoms with van der Waals surface area (Å²) < 4.78 is 12.7. The van der Waals surface area contributed by atoms with Gasteiger partial charge in [-0.05, 0) is 42.5 Å². The van der Waals surface area contributed by atoms with Crippen molar-refractivity contribution in [2.24, 2.45) is 0 Å². The number of halogens is 2. The van der Waals surface area contributed by atoms with E-state index in [1.54, 1.807) is 6.07 Å². The molecule has 2 aromatic rings. The molecule has 0 saturated carbocycles. The molecule has 4 N–H and O–H groups in total. The minimum Gasteiger partial charge on any atom is -0.399 e. The third-order valence-corrected chi connectivity index (χ3v) is 2.86. The molecule has 21 heavy (non-hydrogen) atoms. The molecular weight excluding hydrogens is 297 g/mol. The lowest BCUT2D eigenvalue weighted by Gasteiger charge is -2.08. The quantitative estimate of drug-likeness (QED) is 0.589. The Kier molecular flexibility index (Phi) is 4.39. The third kappa shape index (κ3) is 3.93. The van der Waals surface area contributed by atoms with Crippen molar-refractivity contribution in [1.82, 2.24) is 0 Å². The predicted octanol–water partition coefficient (Wildman–Crippen LogP) is 2.64. The summed E-state index contributed by atoms with van der Waals surface area (Å²) in [6.45, 7) is 0. The first-order chi connectivity index (χ1) is 9.95. The highest BCUT2D eigenvalue weighted by Crippen LogP contribution is 2.23. The number of carbonyl (C=O) groups excluding carboxylic acids is 2. The van der Waals surface area contributed by atoms with Gasteiger partial charge in [-0.25, -0.2) is 4.39 Å². The molecule has 0 aliphatic heterocycles. The van der Waals surface area contributed by atoms with Crippen LogP contribution >= 0.6 is 11.6 Å². The van der Waals surface area contributed by atoms with Gasteiger partial charge in [0.05, 0.1) is 10.7 Å². The predicted molar refractivity (Wildman–Crippen MR) is 79.5 cm³/mol. The number of rotatable bonds is 2. The van der Waals surface area contributed by atoms with Gasteiger partial charge in [0.1, 0.15) is 5.82 Å². The van der Waals surface area contributed by atoms with Crippen LogP contribution in [0, 0.1) is 5.82 Å². The average molecular weight is 308 g/mol. The molecule has 0 saturated heterocycles. The molecular formula is C14H11ClFN3O2. The number of hydrogen-bond acceptors (Lipinski definition) is 3. The van der Waals surface area contributed by atoms with Crippen molar-refractivity contribution in [1.29, 1.82) is 0 Å². The molecule has 0 fully saturated rings. The summed E-state index contributed by atoms with van der Waals surface area (Å²) in [6.07, 6.45) is 0. The summed E-state index contributed by atoms with van der Waals surface area (Å²) in [5.41, 5.74) is 6.54. The highest BCUT2D eigenvalue weighted by Gasteiger charge is 2.15. The van der Waals surface area contributed by atoms with E-state index in [1.165, 1.54) is 36.4 Å². The third-order valence-electron chi connectivity index (χ3n) is 2.55. The molecule has 0 radical (unpaired) electrons. The SMILES string of the molecule is Nc1ccc(NC(=O)C(=O)Nc2ccc(F)cc2)c(Cl)c1. The van der Waals surface area contributed by atoms with Crippen molar-refractivity contribution in [3.05, 3.63) is 53.3 Å². The highest BCUT2D eigenvalue weighted by atomic mass is 35.5. The van der Waals surface area contributed by atoms with Crippen LogP contribution < -0.4 is 16.4 Å². The van der Waals surface area contributed by atoms with Gasteiger partial charge in [0.25, 0.3) is 0 Å². The van der Waals surface area contributed by atoms with Crippen LogP contribution in [0.5, 0.6) is 0 Å². The number of benzene rings is 2. The van der Waals surface area contributed by atoms with Crippen molar-refractivity contribution in [2.75, 3.05) is 16.4 Å². The van der Waals surface area contributed by atoms with E-state index in [4.69, 9.17) is 17.3 Å². The summed E-state index contributed by atoms with van der Waals surface area (Å²) in [7, 11) is 0. The van der Waals surface area contributed by atoms with Crippen molar-refractivity contribution in [3.8, 4) is 0 Å². The molecule has 7 heteroatoms. The second kappa shape index (κ2) is 6.23. The normalized spacial score (nSPS) is 10.0. The molecule has 0 heterocycles. The van der Waals surface area contributed by atoms with Crippen molar-refractivity contribution in [3.63, 3.8) is 0 Å².